The summed E-state index contributed by atoms with van der Waals surface area (Å²) in [5.41, 5.74) is 4.50. The number of thioether (sulfide) groups is 1. The molecule has 0 spiro atoms. The number of aromatic nitrogens is 2. The van der Waals surface area contributed by atoms with Gasteiger partial charge in [-0.25, -0.2) is 4.98 Å². The van der Waals surface area contributed by atoms with E-state index in [9.17, 15) is 0 Å². The van der Waals surface area contributed by atoms with Crippen molar-refractivity contribution in [1.29, 1.82) is 0 Å². The average molecular weight is 338 g/mol. The predicted molar refractivity (Wildman–Crippen MR) is 99.1 cm³/mol. The van der Waals surface area contributed by atoms with Crippen LogP contribution in [0.25, 0.3) is 11.0 Å². The number of morpholine rings is 1. The first-order chi connectivity index (χ1) is 11.7. The van der Waals surface area contributed by atoms with E-state index in [4.69, 9.17) is 4.74 Å². The lowest BCUT2D eigenvalue weighted by Gasteiger charge is -2.41. The minimum Gasteiger partial charge on any atom is -0.370 e. The van der Waals surface area contributed by atoms with E-state index in [2.05, 4.69) is 71.2 Å². The molecule has 1 radical (unpaired) electrons. The van der Waals surface area contributed by atoms with Crippen molar-refractivity contribution in [2.45, 2.75) is 30.2 Å². The Balaban J connectivity index is 1.64. The Morgan fingerprint density at radius 3 is 2.88 bits per heavy atom. The Morgan fingerprint density at radius 2 is 2.04 bits per heavy atom. The molecule has 4 rings (SSSR count). The molecular formula is C19H20N3OS. The van der Waals surface area contributed by atoms with Crippen molar-refractivity contribution in [3.8, 4) is 0 Å². The Hall–Kier alpha value is -1.98. The maximum Gasteiger partial charge on any atom is 0.106 e. The molecule has 24 heavy (non-hydrogen) atoms. The van der Waals surface area contributed by atoms with Crippen molar-refractivity contribution in [2.75, 3.05) is 11.5 Å². The monoisotopic (exact) mass is 338 g/mol. The fourth-order valence-electron chi connectivity index (χ4n) is 3.03. The lowest BCUT2D eigenvalue weighted by atomic mass is 10.2. The van der Waals surface area contributed by atoms with Crippen LogP contribution in [-0.2, 0) is 4.74 Å². The average Bonchev–Trinajstić information content (AvgIpc) is 3.05. The van der Waals surface area contributed by atoms with Crippen LogP contribution in [0, 0.1) is 13.5 Å². The summed E-state index contributed by atoms with van der Waals surface area (Å²) >= 11 is 1.84. The van der Waals surface area contributed by atoms with Crippen molar-refractivity contribution in [1.82, 2.24) is 9.97 Å². The maximum absolute atomic E-state index is 5.71. The number of hydrogen-bond donors (Lipinski definition) is 1. The lowest BCUT2D eigenvalue weighted by Crippen LogP contribution is -2.47. The molecule has 123 valence electrons. The molecule has 1 aliphatic heterocycles. The SMILES string of the molecule is Cc1ccc(SC2CO[CH]C(C)N2c2ccc3[nH]cnc3c2)cc1. The molecule has 1 saturated heterocycles. The number of benzene rings is 2. The molecule has 1 N–H and O–H groups in total. The van der Waals surface area contributed by atoms with Crippen LogP contribution >= 0.6 is 11.8 Å². The molecule has 2 aromatic carbocycles. The van der Waals surface area contributed by atoms with Crippen molar-refractivity contribution >= 4 is 28.5 Å². The molecule has 1 aliphatic rings. The minimum absolute atomic E-state index is 0.207. The summed E-state index contributed by atoms with van der Waals surface area (Å²) in [7, 11) is 0. The van der Waals surface area contributed by atoms with Crippen LogP contribution in [0.2, 0.25) is 0 Å². The smallest absolute Gasteiger partial charge is 0.106 e. The van der Waals surface area contributed by atoms with E-state index in [1.165, 1.54) is 16.1 Å². The van der Waals surface area contributed by atoms with Crippen LogP contribution in [0.3, 0.4) is 0 Å². The number of anilines is 1. The van der Waals surface area contributed by atoms with E-state index in [1.54, 1.807) is 6.33 Å². The standard InChI is InChI=1S/C19H20N3OS/c1-13-3-6-16(7-4-13)24-19-11-23-10-14(2)22(19)15-5-8-17-18(9-15)21-12-20-17/h3-10,12,14,19H,11H2,1-2H3,(H,20,21). The summed E-state index contributed by atoms with van der Waals surface area (Å²) in [6.07, 6.45) is 1.74. The number of nitrogens with zero attached hydrogens (tertiary/aromatic N) is 2. The summed E-state index contributed by atoms with van der Waals surface area (Å²) < 4.78 is 5.71. The third kappa shape index (κ3) is 3.01. The van der Waals surface area contributed by atoms with Crippen molar-refractivity contribution < 1.29 is 4.74 Å². The van der Waals surface area contributed by atoms with Gasteiger partial charge in [-0.15, -0.1) is 0 Å². The van der Waals surface area contributed by atoms with E-state index in [0.717, 1.165) is 11.0 Å². The van der Waals surface area contributed by atoms with Crippen LogP contribution in [0.5, 0.6) is 0 Å². The molecule has 4 nitrogen and oxygen atoms in total. The van der Waals surface area contributed by atoms with Crippen LogP contribution in [0.1, 0.15) is 12.5 Å². The van der Waals surface area contributed by atoms with Crippen molar-refractivity contribution in [2.24, 2.45) is 0 Å². The molecular weight excluding hydrogens is 318 g/mol. The molecule has 1 aromatic heterocycles. The molecule has 2 heterocycles. The van der Waals surface area contributed by atoms with Gasteiger partial charge in [-0.05, 0) is 44.2 Å². The quantitative estimate of drug-likeness (QED) is 0.769. The van der Waals surface area contributed by atoms with Crippen molar-refractivity contribution in [3.05, 3.63) is 61.0 Å². The topological polar surface area (TPSA) is 41.1 Å². The van der Waals surface area contributed by atoms with E-state index >= 15 is 0 Å². The molecule has 2 atom stereocenters. The number of aromatic amines is 1. The maximum atomic E-state index is 5.71. The second kappa shape index (κ2) is 6.49. The normalized spacial score (nSPS) is 21.3. The molecule has 1 fully saturated rings. The zero-order chi connectivity index (χ0) is 16.5. The number of ether oxygens (including phenoxy) is 1. The summed E-state index contributed by atoms with van der Waals surface area (Å²) in [6, 6.07) is 15.3. The molecule has 2 unspecified atom stereocenters. The number of fused-ring (bicyclic) bond motifs is 1. The third-order valence-electron chi connectivity index (χ3n) is 4.28. The van der Waals surface area contributed by atoms with Gasteiger partial charge in [0.15, 0.2) is 0 Å². The third-order valence-corrected chi connectivity index (χ3v) is 5.46. The number of rotatable bonds is 3. The van der Waals surface area contributed by atoms with Gasteiger partial charge in [0.2, 0.25) is 0 Å². The fourth-order valence-corrected chi connectivity index (χ4v) is 4.21. The van der Waals surface area contributed by atoms with Gasteiger partial charge in [-0.3, -0.25) is 0 Å². The van der Waals surface area contributed by atoms with Gasteiger partial charge in [0.05, 0.1) is 30.0 Å². The van der Waals surface area contributed by atoms with Gasteiger partial charge < -0.3 is 14.6 Å². The number of H-pyrrole nitrogens is 1. The first-order valence-corrected chi connectivity index (χ1v) is 8.98. The van der Waals surface area contributed by atoms with Gasteiger partial charge >= 0.3 is 0 Å². The number of aryl methyl sites for hydroxylation is 1. The largest absolute Gasteiger partial charge is 0.370 e. The van der Waals surface area contributed by atoms with Crippen LogP contribution in [0.4, 0.5) is 5.69 Å². The second-order valence-corrected chi connectivity index (χ2v) is 7.36. The highest BCUT2D eigenvalue weighted by Gasteiger charge is 2.30. The zero-order valence-corrected chi connectivity index (χ0v) is 14.6. The Kier molecular flexibility index (Phi) is 4.21. The lowest BCUT2D eigenvalue weighted by molar-refractivity contribution is 0.151. The molecule has 5 heteroatoms. The molecule has 0 amide bonds. The van der Waals surface area contributed by atoms with Crippen LogP contribution < -0.4 is 4.90 Å². The van der Waals surface area contributed by atoms with Gasteiger partial charge in [0, 0.05) is 10.6 Å². The Morgan fingerprint density at radius 1 is 1.21 bits per heavy atom. The zero-order valence-electron chi connectivity index (χ0n) is 13.8. The van der Waals surface area contributed by atoms with Gasteiger partial charge in [-0.1, -0.05) is 29.5 Å². The van der Waals surface area contributed by atoms with Gasteiger partial charge in [0.25, 0.3) is 0 Å². The summed E-state index contributed by atoms with van der Waals surface area (Å²) in [6.45, 7) is 6.86. The van der Waals surface area contributed by atoms with Crippen LogP contribution in [-0.4, -0.2) is 28.0 Å². The Bertz CT molecular complexity index is 830. The molecule has 3 aromatic rings. The molecule has 0 bridgehead atoms. The number of nitrogens with one attached hydrogen (secondary N) is 1. The van der Waals surface area contributed by atoms with E-state index in [0.29, 0.717) is 6.61 Å². The van der Waals surface area contributed by atoms with Crippen LogP contribution in [0.15, 0.2) is 53.7 Å². The highest BCUT2D eigenvalue weighted by Crippen LogP contribution is 2.35. The second-order valence-electron chi connectivity index (χ2n) is 6.11. The number of imidazole rings is 1. The summed E-state index contributed by atoms with van der Waals surface area (Å²) in [4.78, 5) is 11.2. The first-order valence-electron chi connectivity index (χ1n) is 8.10. The van der Waals surface area contributed by atoms with Gasteiger partial charge in [-0.2, -0.15) is 0 Å². The summed E-state index contributed by atoms with van der Waals surface area (Å²) in [5, 5.41) is 0.226. The molecule has 0 saturated carbocycles. The predicted octanol–water partition coefficient (Wildman–Crippen LogP) is 4.38. The summed E-state index contributed by atoms with van der Waals surface area (Å²) in [5.74, 6) is 0. The van der Waals surface area contributed by atoms with Gasteiger partial charge in [0.1, 0.15) is 12.0 Å². The van der Waals surface area contributed by atoms with E-state index in [1.807, 2.05) is 18.4 Å². The minimum atomic E-state index is 0.207. The fraction of sp³-hybridized carbons (Fsp3) is 0.263. The number of hydrogen-bond acceptors (Lipinski definition) is 4. The highest BCUT2D eigenvalue weighted by atomic mass is 32.2. The molecule has 0 aliphatic carbocycles. The van der Waals surface area contributed by atoms with E-state index < -0.39 is 0 Å². The van der Waals surface area contributed by atoms with Crippen molar-refractivity contribution in [3.63, 3.8) is 0 Å². The van der Waals surface area contributed by atoms with E-state index in [-0.39, 0.29) is 11.4 Å². The first kappa shape index (κ1) is 15.5. The highest BCUT2D eigenvalue weighted by molar-refractivity contribution is 8.00. The Labute approximate surface area is 146 Å².